The molecule has 4 amide bonds. The van der Waals surface area contributed by atoms with Crippen molar-refractivity contribution in [2.24, 2.45) is 0 Å². The van der Waals surface area contributed by atoms with Crippen LogP contribution >= 0.6 is 0 Å². The number of ether oxygens (including phenoxy) is 6. The van der Waals surface area contributed by atoms with Crippen molar-refractivity contribution < 1.29 is 47.6 Å². The Bertz CT molecular complexity index is 1370. The van der Waals surface area contributed by atoms with Crippen LogP contribution in [-0.4, -0.2) is 113 Å². The molecule has 260 valence electrons. The minimum Gasteiger partial charge on any atom is -0.455 e. The van der Waals surface area contributed by atoms with Gasteiger partial charge in [-0.1, -0.05) is 0 Å². The molecule has 3 heterocycles. The summed E-state index contributed by atoms with van der Waals surface area (Å²) in [6, 6.07) is 10.9. The molecule has 0 spiro atoms. The number of hydrogen-bond acceptors (Lipinski definition) is 10. The van der Waals surface area contributed by atoms with Crippen molar-refractivity contribution in [1.82, 2.24) is 9.80 Å². The van der Waals surface area contributed by atoms with Crippen LogP contribution in [0.2, 0.25) is 0 Å². The van der Waals surface area contributed by atoms with Crippen molar-refractivity contribution in [1.29, 1.82) is 0 Å². The highest BCUT2D eigenvalue weighted by Gasteiger charge is 2.29. The van der Waals surface area contributed by atoms with Gasteiger partial charge in [0, 0.05) is 91.6 Å². The van der Waals surface area contributed by atoms with Crippen molar-refractivity contribution >= 4 is 35.4 Å². The van der Waals surface area contributed by atoms with Crippen LogP contribution in [0.15, 0.2) is 36.4 Å². The summed E-state index contributed by atoms with van der Waals surface area (Å²) < 4.78 is 33.1. The van der Waals surface area contributed by atoms with E-state index in [1.807, 2.05) is 24.3 Å². The summed E-state index contributed by atoms with van der Waals surface area (Å²) in [5, 5.41) is 0. The van der Waals surface area contributed by atoms with Crippen LogP contribution in [0.1, 0.15) is 37.8 Å². The molecule has 2 aromatic carbocycles. The molecule has 14 nitrogen and oxygen atoms in total. The fourth-order valence-electron chi connectivity index (χ4n) is 6.01. The smallest absolute Gasteiger partial charge is 0.412 e. The number of amides is 4. The first kappa shape index (κ1) is 34.8. The van der Waals surface area contributed by atoms with E-state index in [0.717, 1.165) is 22.5 Å². The van der Waals surface area contributed by atoms with Crippen LogP contribution < -0.4 is 19.3 Å². The van der Waals surface area contributed by atoms with E-state index in [9.17, 15) is 19.2 Å². The quantitative estimate of drug-likeness (QED) is 0.309. The van der Waals surface area contributed by atoms with Crippen LogP contribution in [0.3, 0.4) is 0 Å². The van der Waals surface area contributed by atoms with Gasteiger partial charge in [0.1, 0.15) is 11.5 Å². The molecule has 3 aliphatic rings. The molecular weight excluding hydrogens is 624 g/mol. The third-order valence-electron chi connectivity index (χ3n) is 8.47. The molecule has 0 aromatic heterocycles. The molecule has 1 saturated heterocycles. The summed E-state index contributed by atoms with van der Waals surface area (Å²) in [5.74, 6) is 1.19. The van der Waals surface area contributed by atoms with E-state index >= 15 is 0 Å². The summed E-state index contributed by atoms with van der Waals surface area (Å²) in [7, 11) is 3.20. The van der Waals surface area contributed by atoms with E-state index in [0.29, 0.717) is 63.5 Å². The maximum atomic E-state index is 12.8. The van der Waals surface area contributed by atoms with Gasteiger partial charge in [-0.25, -0.2) is 9.59 Å². The Morgan fingerprint density at radius 1 is 0.646 bits per heavy atom. The largest absolute Gasteiger partial charge is 0.455 e. The lowest BCUT2D eigenvalue weighted by atomic mass is 10.0. The molecule has 3 aliphatic heterocycles. The van der Waals surface area contributed by atoms with Gasteiger partial charge >= 0.3 is 12.2 Å². The van der Waals surface area contributed by atoms with E-state index in [1.54, 1.807) is 50.0 Å². The van der Waals surface area contributed by atoms with Crippen LogP contribution in [0.5, 0.6) is 11.5 Å². The number of rotatable bonds is 12. The van der Waals surface area contributed by atoms with Crippen LogP contribution in [-0.2, 0) is 41.4 Å². The molecule has 14 heteroatoms. The molecule has 0 unspecified atom stereocenters. The maximum Gasteiger partial charge on any atom is 0.412 e. The lowest BCUT2D eigenvalue weighted by molar-refractivity contribution is -0.119. The first-order valence-corrected chi connectivity index (χ1v) is 16.3. The first-order valence-electron chi connectivity index (χ1n) is 16.3. The second-order valence-corrected chi connectivity index (χ2v) is 11.8. The number of hydrogen-bond donors (Lipinski definition) is 0. The van der Waals surface area contributed by atoms with Gasteiger partial charge in [0.2, 0.25) is 24.4 Å². The molecule has 5 rings (SSSR count). The third kappa shape index (κ3) is 8.47. The third-order valence-corrected chi connectivity index (χ3v) is 8.47. The predicted molar refractivity (Wildman–Crippen MR) is 174 cm³/mol. The Balaban J connectivity index is 1.05. The summed E-state index contributed by atoms with van der Waals surface area (Å²) >= 11 is 0. The Kier molecular flexibility index (Phi) is 11.6. The number of nitrogens with zero attached hydrogens (tertiary/aromatic N) is 4. The number of carbonyl (C=O) groups is 4. The first-order chi connectivity index (χ1) is 23.2. The Labute approximate surface area is 280 Å². The molecule has 1 fully saturated rings. The Hall–Kier alpha value is -4.56. The van der Waals surface area contributed by atoms with Crippen LogP contribution in [0, 0.1) is 0 Å². The molecule has 0 radical (unpaired) electrons. The fourth-order valence-corrected chi connectivity index (χ4v) is 6.01. The molecule has 0 saturated carbocycles. The number of benzene rings is 2. The van der Waals surface area contributed by atoms with E-state index in [2.05, 4.69) is 0 Å². The van der Waals surface area contributed by atoms with Crippen LogP contribution in [0.25, 0.3) is 0 Å². The van der Waals surface area contributed by atoms with Gasteiger partial charge in [-0.05, 0) is 60.4 Å². The monoisotopic (exact) mass is 668 g/mol. The number of methoxy groups -OCH3 is 2. The average molecular weight is 669 g/mol. The van der Waals surface area contributed by atoms with Gasteiger partial charge in [-0.15, -0.1) is 0 Å². The normalized spacial score (nSPS) is 17.3. The summed E-state index contributed by atoms with van der Waals surface area (Å²) in [4.78, 5) is 56.9. The topological polar surface area (TPSA) is 137 Å². The second kappa shape index (κ2) is 16.0. The highest BCUT2D eigenvalue weighted by atomic mass is 16.7. The number of piperazine rings is 1. The predicted octanol–water partition coefficient (Wildman–Crippen LogP) is 3.58. The van der Waals surface area contributed by atoms with Gasteiger partial charge < -0.3 is 48.0 Å². The van der Waals surface area contributed by atoms with Crippen molar-refractivity contribution in [3.05, 3.63) is 47.5 Å². The van der Waals surface area contributed by atoms with Gasteiger partial charge in [-0.2, -0.15) is 0 Å². The lowest BCUT2D eigenvalue weighted by Crippen LogP contribution is -2.51. The maximum absolute atomic E-state index is 12.8. The van der Waals surface area contributed by atoms with Crippen molar-refractivity contribution in [2.45, 2.75) is 52.1 Å². The highest BCUT2D eigenvalue weighted by molar-refractivity contribution is 5.97. The molecule has 0 aliphatic carbocycles. The number of fused-ring (bicyclic) bond motifs is 2. The van der Waals surface area contributed by atoms with E-state index < -0.39 is 24.8 Å². The van der Waals surface area contributed by atoms with Gasteiger partial charge in [0.25, 0.3) is 0 Å². The standard InChI is InChI=1S/C34H44N4O10/c1-23(45-27-7-9-29-25(21-27)5-11-31(39)37(29)17-19-43-3)47-33(41)35-13-15-36(16-14-35)34(42)48-24(2)46-28-8-10-30-26(22-28)6-12-32(40)38(30)18-20-44-4/h7-10,21-24H,5-6,11-20H2,1-4H3/t23-,24-/m1/s1. The number of anilines is 2. The van der Waals surface area contributed by atoms with E-state index in [-0.39, 0.29) is 38.0 Å². The molecular formula is C34H44N4O10. The van der Waals surface area contributed by atoms with Gasteiger partial charge in [0.15, 0.2) is 0 Å². The zero-order valence-electron chi connectivity index (χ0n) is 28.0. The highest BCUT2D eigenvalue weighted by Crippen LogP contribution is 2.33. The Morgan fingerprint density at radius 3 is 1.42 bits per heavy atom. The molecule has 48 heavy (non-hydrogen) atoms. The summed E-state index contributed by atoms with van der Waals surface area (Å²) in [6.07, 6.45) is -0.785. The second-order valence-electron chi connectivity index (χ2n) is 11.8. The van der Waals surface area contributed by atoms with E-state index in [1.165, 1.54) is 9.80 Å². The van der Waals surface area contributed by atoms with Gasteiger partial charge in [-0.3, -0.25) is 9.59 Å². The molecule has 0 N–H and O–H groups in total. The zero-order chi connectivity index (χ0) is 34.2. The molecule has 2 atom stereocenters. The SMILES string of the molecule is COCCN1C(=O)CCc2cc(O[C@@H](C)OC(=O)N3CCN(C(=O)O[C@H](C)Oc4ccc5c(c4)CCC(=O)N5CCOC)CC3)ccc21. The summed E-state index contributed by atoms with van der Waals surface area (Å²) in [6.45, 7) is 6.18. The molecule has 2 aromatic rings. The van der Waals surface area contributed by atoms with Gasteiger partial charge in [0.05, 0.1) is 13.2 Å². The number of carbonyl (C=O) groups excluding carboxylic acids is 4. The average Bonchev–Trinajstić information content (AvgIpc) is 3.07. The fraction of sp³-hybridized carbons (Fsp3) is 0.529. The summed E-state index contributed by atoms with van der Waals surface area (Å²) in [5.41, 5.74) is 3.63. The lowest BCUT2D eigenvalue weighted by Gasteiger charge is -2.34. The minimum atomic E-state index is -0.858. The molecule has 0 bridgehead atoms. The number of aryl methyl sites for hydroxylation is 2. The van der Waals surface area contributed by atoms with Crippen LogP contribution in [0.4, 0.5) is 21.0 Å². The van der Waals surface area contributed by atoms with Crippen molar-refractivity contribution in [3.8, 4) is 11.5 Å². The zero-order valence-corrected chi connectivity index (χ0v) is 28.0. The van der Waals surface area contributed by atoms with E-state index in [4.69, 9.17) is 28.4 Å². The van der Waals surface area contributed by atoms with Crippen molar-refractivity contribution in [3.63, 3.8) is 0 Å². The Morgan fingerprint density at radius 2 is 1.04 bits per heavy atom. The van der Waals surface area contributed by atoms with Crippen molar-refractivity contribution in [2.75, 3.05) is 76.5 Å². The minimum absolute atomic E-state index is 0.0588.